The zero-order valence-electron chi connectivity index (χ0n) is 15.2. The Bertz CT molecular complexity index is 946. The molecule has 1 fully saturated rings. The number of halogens is 1. The predicted octanol–water partition coefficient (Wildman–Crippen LogP) is 3.76. The molecule has 0 spiro atoms. The van der Waals surface area contributed by atoms with Gasteiger partial charge >= 0.3 is 5.97 Å². The van der Waals surface area contributed by atoms with E-state index in [1.54, 1.807) is 23.1 Å². The standard InChI is InChI=1S/C22H20ClNO4/c23-18-6-7-19-15(13-18)12-16(14-28-19)20(25)24-10-8-22(9-11-24,21(26)27)17-4-2-1-3-5-17/h1-7,12-13H,8-11,14H2,(H,26,27). The summed E-state index contributed by atoms with van der Waals surface area (Å²) in [5, 5.41) is 10.5. The van der Waals surface area contributed by atoms with Crippen LogP contribution in [0.3, 0.4) is 0 Å². The average Bonchev–Trinajstić information content (AvgIpc) is 2.73. The van der Waals surface area contributed by atoms with Gasteiger partial charge in [0.2, 0.25) is 0 Å². The SMILES string of the molecule is O=C(C1=Cc2cc(Cl)ccc2OC1)N1CCC(C(=O)O)(c2ccccc2)CC1. The van der Waals surface area contributed by atoms with Crippen LogP contribution in [0.4, 0.5) is 0 Å². The van der Waals surface area contributed by atoms with Crippen molar-refractivity contribution in [3.8, 4) is 5.75 Å². The Labute approximate surface area is 168 Å². The van der Waals surface area contributed by atoms with E-state index in [-0.39, 0.29) is 12.5 Å². The molecule has 0 saturated carbocycles. The van der Waals surface area contributed by atoms with Crippen LogP contribution in [0, 0.1) is 0 Å². The lowest BCUT2D eigenvalue weighted by atomic mass is 9.72. The van der Waals surface area contributed by atoms with Gasteiger partial charge in [-0.15, -0.1) is 0 Å². The van der Waals surface area contributed by atoms with E-state index in [1.165, 1.54) is 0 Å². The summed E-state index contributed by atoms with van der Waals surface area (Å²) in [6, 6.07) is 14.6. The summed E-state index contributed by atoms with van der Waals surface area (Å²) in [7, 11) is 0. The molecule has 1 amide bonds. The van der Waals surface area contributed by atoms with E-state index in [4.69, 9.17) is 16.3 Å². The molecule has 4 rings (SSSR count). The van der Waals surface area contributed by atoms with Crippen LogP contribution >= 0.6 is 11.6 Å². The molecule has 6 heteroatoms. The molecule has 144 valence electrons. The number of ether oxygens (including phenoxy) is 1. The monoisotopic (exact) mass is 397 g/mol. The number of carboxylic acids is 1. The number of fused-ring (bicyclic) bond motifs is 1. The lowest BCUT2D eigenvalue weighted by Crippen LogP contribution is -2.49. The molecule has 0 atom stereocenters. The van der Waals surface area contributed by atoms with E-state index in [2.05, 4.69) is 0 Å². The maximum absolute atomic E-state index is 13.0. The van der Waals surface area contributed by atoms with Gasteiger partial charge in [-0.2, -0.15) is 0 Å². The number of benzene rings is 2. The molecule has 1 saturated heterocycles. The minimum absolute atomic E-state index is 0.113. The second-order valence-electron chi connectivity index (χ2n) is 7.19. The van der Waals surface area contributed by atoms with E-state index >= 15 is 0 Å². The number of piperidine rings is 1. The van der Waals surface area contributed by atoms with Crippen molar-refractivity contribution < 1.29 is 19.4 Å². The first kappa shape index (κ1) is 18.6. The highest BCUT2D eigenvalue weighted by molar-refractivity contribution is 6.30. The van der Waals surface area contributed by atoms with Crippen LogP contribution < -0.4 is 4.74 Å². The lowest BCUT2D eigenvalue weighted by molar-refractivity contribution is -0.147. The van der Waals surface area contributed by atoms with Crippen LogP contribution in [0.5, 0.6) is 5.75 Å². The minimum atomic E-state index is -0.949. The van der Waals surface area contributed by atoms with Crippen molar-refractivity contribution in [3.63, 3.8) is 0 Å². The molecule has 2 aliphatic rings. The zero-order chi connectivity index (χ0) is 19.7. The molecule has 2 aromatic rings. The molecule has 2 aliphatic heterocycles. The fraction of sp³-hybridized carbons (Fsp3) is 0.273. The molecule has 0 aromatic heterocycles. The van der Waals surface area contributed by atoms with E-state index in [0.29, 0.717) is 42.3 Å². The van der Waals surface area contributed by atoms with Crippen molar-refractivity contribution in [1.82, 2.24) is 4.90 Å². The fourth-order valence-electron chi connectivity index (χ4n) is 3.95. The maximum atomic E-state index is 13.0. The highest BCUT2D eigenvalue weighted by Crippen LogP contribution is 2.37. The Kier molecular flexibility index (Phi) is 4.85. The van der Waals surface area contributed by atoms with Crippen molar-refractivity contribution in [3.05, 3.63) is 70.3 Å². The van der Waals surface area contributed by atoms with Gasteiger partial charge in [0.05, 0.1) is 11.0 Å². The van der Waals surface area contributed by atoms with Gasteiger partial charge in [-0.25, -0.2) is 0 Å². The summed E-state index contributed by atoms with van der Waals surface area (Å²) in [5.74, 6) is -0.249. The molecule has 5 nitrogen and oxygen atoms in total. The summed E-state index contributed by atoms with van der Waals surface area (Å²) in [5.41, 5.74) is 1.18. The molecule has 0 radical (unpaired) electrons. The van der Waals surface area contributed by atoms with Gasteiger partial charge in [-0.3, -0.25) is 9.59 Å². The molecular formula is C22H20ClNO4. The third kappa shape index (κ3) is 3.27. The second kappa shape index (κ2) is 7.32. The van der Waals surface area contributed by atoms with Crippen LogP contribution in [0.25, 0.3) is 6.08 Å². The Morgan fingerprint density at radius 2 is 1.79 bits per heavy atom. The summed E-state index contributed by atoms with van der Waals surface area (Å²) < 4.78 is 5.68. The number of amides is 1. The number of hydrogen-bond donors (Lipinski definition) is 1. The Morgan fingerprint density at radius 1 is 1.07 bits per heavy atom. The highest BCUT2D eigenvalue weighted by Gasteiger charge is 2.44. The third-order valence-electron chi connectivity index (χ3n) is 5.60. The van der Waals surface area contributed by atoms with Gasteiger partial charge in [0.1, 0.15) is 12.4 Å². The van der Waals surface area contributed by atoms with E-state index in [1.807, 2.05) is 36.4 Å². The first-order valence-corrected chi connectivity index (χ1v) is 9.58. The van der Waals surface area contributed by atoms with Gasteiger partial charge in [0, 0.05) is 23.7 Å². The van der Waals surface area contributed by atoms with Crippen molar-refractivity contribution in [1.29, 1.82) is 0 Å². The van der Waals surface area contributed by atoms with Crippen molar-refractivity contribution >= 4 is 29.6 Å². The number of hydrogen-bond acceptors (Lipinski definition) is 3. The van der Waals surface area contributed by atoms with E-state index < -0.39 is 11.4 Å². The van der Waals surface area contributed by atoms with Crippen molar-refractivity contribution in [2.75, 3.05) is 19.7 Å². The van der Waals surface area contributed by atoms with Gasteiger partial charge in [0.25, 0.3) is 5.91 Å². The van der Waals surface area contributed by atoms with Crippen LogP contribution in [0.1, 0.15) is 24.0 Å². The molecular weight excluding hydrogens is 378 g/mol. The van der Waals surface area contributed by atoms with Crippen LogP contribution in [0.15, 0.2) is 54.1 Å². The molecule has 28 heavy (non-hydrogen) atoms. The largest absolute Gasteiger partial charge is 0.488 e. The number of carboxylic acid groups (broad SMARTS) is 1. The van der Waals surface area contributed by atoms with Crippen molar-refractivity contribution in [2.24, 2.45) is 0 Å². The first-order valence-electron chi connectivity index (χ1n) is 9.21. The summed E-state index contributed by atoms with van der Waals surface area (Å²) in [6.07, 6.45) is 2.58. The summed E-state index contributed by atoms with van der Waals surface area (Å²) in [4.78, 5) is 26.8. The zero-order valence-corrected chi connectivity index (χ0v) is 16.0. The number of aliphatic carboxylic acids is 1. The molecule has 2 heterocycles. The molecule has 0 bridgehead atoms. The van der Waals surface area contributed by atoms with E-state index in [9.17, 15) is 14.7 Å². The number of carbonyl (C=O) groups excluding carboxylic acids is 1. The van der Waals surface area contributed by atoms with Gasteiger partial charge in [0.15, 0.2) is 0 Å². The topological polar surface area (TPSA) is 66.8 Å². The fourth-order valence-corrected chi connectivity index (χ4v) is 4.13. The van der Waals surface area contributed by atoms with Gasteiger partial charge in [-0.1, -0.05) is 41.9 Å². The Hall–Kier alpha value is -2.79. The van der Waals surface area contributed by atoms with Crippen LogP contribution in [-0.4, -0.2) is 41.6 Å². The predicted molar refractivity (Wildman–Crippen MR) is 106 cm³/mol. The number of likely N-dealkylation sites (tertiary alicyclic amines) is 1. The number of carbonyl (C=O) groups is 2. The first-order chi connectivity index (χ1) is 13.5. The Morgan fingerprint density at radius 3 is 2.46 bits per heavy atom. The molecule has 2 aromatic carbocycles. The third-order valence-corrected chi connectivity index (χ3v) is 5.83. The number of rotatable bonds is 3. The molecule has 0 unspecified atom stereocenters. The smallest absolute Gasteiger partial charge is 0.314 e. The lowest BCUT2D eigenvalue weighted by Gasteiger charge is -2.39. The van der Waals surface area contributed by atoms with Crippen molar-refractivity contribution in [2.45, 2.75) is 18.3 Å². The second-order valence-corrected chi connectivity index (χ2v) is 7.62. The maximum Gasteiger partial charge on any atom is 0.314 e. The summed E-state index contributed by atoms with van der Waals surface area (Å²) in [6.45, 7) is 0.978. The van der Waals surface area contributed by atoms with Crippen LogP contribution in [-0.2, 0) is 15.0 Å². The summed E-state index contributed by atoms with van der Waals surface area (Å²) >= 11 is 6.04. The molecule has 1 N–H and O–H groups in total. The van der Waals surface area contributed by atoms with Gasteiger partial charge < -0.3 is 14.7 Å². The highest BCUT2D eigenvalue weighted by atomic mass is 35.5. The quantitative estimate of drug-likeness (QED) is 0.856. The number of nitrogens with zero attached hydrogens (tertiary/aromatic N) is 1. The van der Waals surface area contributed by atoms with Gasteiger partial charge in [-0.05, 0) is 42.7 Å². The minimum Gasteiger partial charge on any atom is -0.488 e. The Balaban J connectivity index is 1.52. The van der Waals surface area contributed by atoms with Crippen LogP contribution in [0.2, 0.25) is 5.02 Å². The van der Waals surface area contributed by atoms with E-state index in [0.717, 1.165) is 11.1 Å². The average molecular weight is 398 g/mol. The normalized spacial score (nSPS) is 17.9. The molecule has 0 aliphatic carbocycles.